The minimum atomic E-state index is -0.760. The standard InChI is InChI=1S/C55H106O6/c1-5-7-9-11-13-15-16-17-18-19-20-21-24-28-32-36-40-44-48-55(58)61-52(49-59-53(56)46-42-38-34-29-14-12-10-8-6-2)50-60-54(57)47-43-39-35-31-27-25-22-23-26-30-33-37-41-45-51(3)4/h51-52H,5-50H2,1-4H3/t52-/m1/s1. The Morgan fingerprint density at radius 1 is 0.311 bits per heavy atom. The molecule has 0 bridgehead atoms. The van der Waals surface area contributed by atoms with Crippen LogP contribution in [0.25, 0.3) is 0 Å². The van der Waals surface area contributed by atoms with Gasteiger partial charge in [0.05, 0.1) is 0 Å². The third-order valence-electron chi connectivity index (χ3n) is 12.5. The maximum Gasteiger partial charge on any atom is 0.306 e. The van der Waals surface area contributed by atoms with Gasteiger partial charge in [-0.15, -0.1) is 0 Å². The summed E-state index contributed by atoms with van der Waals surface area (Å²) in [7, 11) is 0. The van der Waals surface area contributed by atoms with Gasteiger partial charge in [0, 0.05) is 19.3 Å². The molecule has 0 aliphatic rings. The van der Waals surface area contributed by atoms with Crippen molar-refractivity contribution in [3.63, 3.8) is 0 Å². The van der Waals surface area contributed by atoms with E-state index in [0.29, 0.717) is 19.3 Å². The summed E-state index contributed by atoms with van der Waals surface area (Å²) in [5.74, 6) is -0.00319. The van der Waals surface area contributed by atoms with Crippen LogP contribution in [-0.4, -0.2) is 37.2 Å². The molecule has 362 valence electrons. The highest BCUT2D eigenvalue weighted by atomic mass is 16.6. The Morgan fingerprint density at radius 3 is 0.803 bits per heavy atom. The van der Waals surface area contributed by atoms with Gasteiger partial charge in [0.2, 0.25) is 0 Å². The minimum absolute atomic E-state index is 0.0625. The number of unbranched alkanes of at least 4 members (excludes halogenated alkanes) is 37. The Balaban J connectivity index is 4.23. The second-order valence-electron chi connectivity index (χ2n) is 19.3. The SMILES string of the molecule is CCCCCCCCCCCCCCCCCCCCC(=O)O[C@H](COC(=O)CCCCCCCCCCC)COC(=O)CCCCCCCCCCCCCCCC(C)C. The topological polar surface area (TPSA) is 78.9 Å². The summed E-state index contributed by atoms with van der Waals surface area (Å²) in [6.07, 6.45) is 52.4. The minimum Gasteiger partial charge on any atom is -0.462 e. The summed E-state index contributed by atoms with van der Waals surface area (Å²) in [6.45, 7) is 9.03. The molecule has 0 amide bonds. The summed E-state index contributed by atoms with van der Waals surface area (Å²) >= 11 is 0. The van der Waals surface area contributed by atoms with Gasteiger partial charge in [-0.1, -0.05) is 272 Å². The number of ether oxygens (including phenoxy) is 3. The fourth-order valence-electron chi connectivity index (χ4n) is 8.39. The first-order valence-corrected chi connectivity index (χ1v) is 27.4. The van der Waals surface area contributed by atoms with Crippen molar-refractivity contribution < 1.29 is 28.6 Å². The molecule has 6 nitrogen and oxygen atoms in total. The van der Waals surface area contributed by atoms with Crippen LogP contribution in [0.15, 0.2) is 0 Å². The van der Waals surface area contributed by atoms with Gasteiger partial charge in [-0.2, -0.15) is 0 Å². The van der Waals surface area contributed by atoms with Gasteiger partial charge in [0.25, 0.3) is 0 Å². The van der Waals surface area contributed by atoms with Gasteiger partial charge >= 0.3 is 17.9 Å². The smallest absolute Gasteiger partial charge is 0.306 e. The summed E-state index contributed by atoms with van der Waals surface area (Å²) in [5.41, 5.74) is 0. The number of carbonyl (C=O) groups is 3. The molecule has 0 fully saturated rings. The zero-order valence-corrected chi connectivity index (χ0v) is 41.6. The molecule has 0 heterocycles. The number of carbonyl (C=O) groups excluding carboxylic acids is 3. The number of rotatable bonds is 50. The molecule has 0 saturated carbocycles. The van der Waals surface area contributed by atoms with Crippen LogP contribution >= 0.6 is 0 Å². The van der Waals surface area contributed by atoms with Gasteiger partial charge in [0.1, 0.15) is 13.2 Å². The van der Waals surface area contributed by atoms with Gasteiger partial charge < -0.3 is 14.2 Å². The molecule has 0 aliphatic carbocycles. The van der Waals surface area contributed by atoms with Gasteiger partial charge in [-0.05, 0) is 25.2 Å². The molecule has 0 aromatic rings. The van der Waals surface area contributed by atoms with Crippen molar-refractivity contribution in [3.8, 4) is 0 Å². The lowest BCUT2D eigenvalue weighted by Gasteiger charge is -2.18. The number of hydrogen-bond donors (Lipinski definition) is 0. The van der Waals surface area contributed by atoms with E-state index < -0.39 is 6.10 Å². The summed E-state index contributed by atoms with van der Waals surface area (Å²) in [5, 5.41) is 0. The lowest BCUT2D eigenvalue weighted by atomic mass is 10.0. The fraction of sp³-hybridized carbons (Fsp3) is 0.945. The molecule has 61 heavy (non-hydrogen) atoms. The first-order chi connectivity index (χ1) is 29.9. The van der Waals surface area contributed by atoms with Crippen molar-refractivity contribution in [2.45, 2.75) is 316 Å². The fourth-order valence-corrected chi connectivity index (χ4v) is 8.39. The van der Waals surface area contributed by atoms with Crippen molar-refractivity contribution in [1.82, 2.24) is 0 Å². The van der Waals surface area contributed by atoms with Crippen LogP contribution in [0.2, 0.25) is 0 Å². The predicted octanol–water partition coefficient (Wildman–Crippen LogP) is 17.8. The Bertz CT molecular complexity index is 918. The van der Waals surface area contributed by atoms with E-state index >= 15 is 0 Å². The number of hydrogen-bond acceptors (Lipinski definition) is 6. The van der Waals surface area contributed by atoms with Crippen LogP contribution in [-0.2, 0) is 28.6 Å². The molecule has 0 spiro atoms. The van der Waals surface area contributed by atoms with E-state index in [1.165, 1.54) is 205 Å². The van der Waals surface area contributed by atoms with E-state index in [-0.39, 0.29) is 31.1 Å². The normalized spacial score (nSPS) is 12.0. The average molecular weight is 863 g/mol. The molecule has 0 aliphatic heterocycles. The zero-order valence-electron chi connectivity index (χ0n) is 41.6. The molecular weight excluding hydrogens is 757 g/mol. The first kappa shape index (κ1) is 59.4. The predicted molar refractivity (Wildman–Crippen MR) is 261 cm³/mol. The van der Waals surface area contributed by atoms with E-state index in [1.807, 2.05) is 0 Å². The van der Waals surface area contributed by atoms with Crippen LogP contribution in [0.1, 0.15) is 310 Å². The zero-order chi connectivity index (χ0) is 44.5. The molecule has 0 radical (unpaired) electrons. The van der Waals surface area contributed by atoms with E-state index in [4.69, 9.17) is 14.2 Å². The Hall–Kier alpha value is -1.59. The molecule has 0 aromatic heterocycles. The highest BCUT2D eigenvalue weighted by Gasteiger charge is 2.19. The summed E-state index contributed by atoms with van der Waals surface area (Å²) in [4.78, 5) is 37.9. The lowest BCUT2D eigenvalue weighted by molar-refractivity contribution is -0.167. The summed E-state index contributed by atoms with van der Waals surface area (Å²) in [6, 6.07) is 0. The lowest BCUT2D eigenvalue weighted by Crippen LogP contribution is -2.30. The highest BCUT2D eigenvalue weighted by Crippen LogP contribution is 2.17. The van der Waals surface area contributed by atoms with Crippen molar-refractivity contribution >= 4 is 17.9 Å². The number of esters is 3. The van der Waals surface area contributed by atoms with Crippen LogP contribution in [0.3, 0.4) is 0 Å². The largest absolute Gasteiger partial charge is 0.462 e. The molecular formula is C55H106O6. The Labute approximate surface area is 380 Å². The Morgan fingerprint density at radius 2 is 0.541 bits per heavy atom. The van der Waals surface area contributed by atoms with Crippen LogP contribution < -0.4 is 0 Å². The maximum absolute atomic E-state index is 12.8. The van der Waals surface area contributed by atoms with Crippen LogP contribution in [0, 0.1) is 5.92 Å². The molecule has 0 aromatic carbocycles. The average Bonchev–Trinajstić information content (AvgIpc) is 3.24. The van der Waals surface area contributed by atoms with Crippen molar-refractivity contribution in [1.29, 1.82) is 0 Å². The first-order valence-electron chi connectivity index (χ1n) is 27.4. The van der Waals surface area contributed by atoms with Crippen molar-refractivity contribution in [2.24, 2.45) is 5.92 Å². The maximum atomic E-state index is 12.8. The monoisotopic (exact) mass is 863 g/mol. The van der Waals surface area contributed by atoms with E-state index in [0.717, 1.165) is 63.7 Å². The third-order valence-corrected chi connectivity index (χ3v) is 12.5. The molecule has 0 rings (SSSR count). The molecule has 0 N–H and O–H groups in total. The summed E-state index contributed by atoms with van der Waals surface area (Å²) < 4.78 is 16.8. The van der Waals surface area contributed by atoms with Gasteiger partial charge in [0.15, 0.2) is 6.10 Å². The molecule has 6 heteroatoms. The van der Waals surface area contributed by atoms with Gasteiger partial charge in [-0.25, -0.2) is 0 Å². The van der Waals surface area contributed by atoms with Gasteiger partial charge in [-0.3, -0.25) is 14.4 Å². The molecule has 0 saturated heterocycles. The van der Waals surface area contributed by atoms with Crippen LogP contribution in [0.4, 0.5) is 0 Å². The third kappa shape index (κ3) is 49.3. The van der Waals surface area contributed by atoms with E-state index in [9.17, 15) is 14.4 Å². The highest BCUT2D eigenvalue weighted by molar-refractivity contribution is 5.71. The Kier molecular flexibility index (Phi) is 48.1. The van der Waals surface area contributed by atoms with E-state index in [1.54, 1.807) is 0 Å². The van der Waals surface area contributed by atoms with Crippen molar-refractivity contribution in [2.75, 3.05) is 13.2 Å². The second-order valence-corrected chi connectivity index (χ2v) is 19.3. The second kappa shape index (κ2) is 49.4. The molecule has 1 atom stereocenters. The van der Waals surface area contributed by atoms with Crippen LogP contribution in [0.5, 0.6) is 0 Å². The van der Waals surface area contributed by atoms with Crippen molar-refractivity contribution in [3.05, 3.63) is 0 Å². The molecule has 0 unspecified atom stereocenters. The quantitative estimate of drug-likeness (QED) is 0.0344. The van der Waals surface area contributed by atoms with E-state index in [2.05, 4.69) is 27.7 Å².